The molecule has 1 fully saturated rings. The van der Waals surface area contributed by atoms with E-state index in [4.69, 9.17) is 15.6 Å². The lowest BCUT2D eigenvalue weighted by Gasteiger charge is -2.13. The largest absolute Gasteiger partial charge is 0.481 e. The molecule has 2 rings (SSSR count). The average Bonchev–Trinajstić information content (AvgIpc) is 2.84. The predicted octanol–water partition coefficient (Wildman–Crippen LogP) is 1.67. The molecule has 1 heterocycles. The number of carboxylic acids is 1. The molecule has 3 N–H and O–H groups in total. The zero-order valence-electron chi connectivity index (χ0n) is 9.63. The highest BCUT2D eigenvalue weighted by Crippen LogP contribution is 2.29. The summed E-state index contributed by atoms with van der Waals surface area (Å²) in [6.07, 6.45) is 2.30. The first kappa shape index (κ1) is 12.1. The van der Waals surface area contributed by atoms with E-state index in [1.165, 1.54) is 0 Å². The van der Waals surface area contributed by atoms with Crippen LogP contribution < -0.4 is 5.73 Å². The van der Waals surface area contributed by atoms with Crippen LogP contribution in [0.25, 0.3) is 0 Å². The van der Waals surface area contributed by atoms with Gasteiger partial charge in [0.15, 0.2) is 0 Å². The van der Waals surface area contributed by atoms with E-state index in [1.54, 1.807) is 0 Å². The smallest absolute Gasteiger partial charge is 0.312 e. The summed E-state index contributed by atoms with van der Waals surface area (Å²) in [6, 6.07) is 7.55. The molecule has 0 amide bonds. The van der Waals surface area contributed by atoms with E-state index in [1.807, 2.05) is 24.3 Å². The van der Waals surface area contributed by atoms with Gasteiger partial charge in [0.25, 0.3) is 0 Å². The fourth-order valence-corrected chi connectivity index (χ4v) is 2.16. The van der Waals surface area contributed by atoms with E-state index in [9.17, 15) is 4.79 Å². The minimum Gasteiger partial charge on any atom is -0.481 e. The summed E-state index contributed by atoms with van der Waals surface area (Å²) in [5.41, 5.74) is 7.33. The van der Waals surface area contributed by atoms with Gasteiger partial charge in [0.2, 0.25) is 0 Å². The van der Waals surface area contributed by atoms with Gasteiger partial charge < -0.3 is 15.6 Å². The van der Waals surface area contributed by atoms with Crippen molar-refractivity contribution in [3.63, 3.8) is 0 Å². The quantitative estimate of drug-likeness (QED) is 0.832. The SMILES string of the molecule is NCC(C(=O)O)c1ccc(C2CCCO2)cc1. The summed E-state index contributed by atoms with van der Waals surface area (Å²) in [6.45, 7) is 0.932. The van der Waals surface area contributed by atoms with E-state index in [0.717, 1.165) is 30.6 Å². The second kappa shape index (κ2) is 5.29. The van der Waals surface area contributed by atoms with Crippen molar-refractivity contribution in [3.05, 3.63) is 35.4 Å². The van der Waals surface area contributed by atoms with Crippen molar-refractivity contribution in [3.8, 4) is 0 Å². The number of benzene rings is 1. The Labute approximate surface area is 100 Å². The Balaban J connectivity index is 2.14. The molecule has 0 aromatic heterocycles. The molecule has 0 radical (unpaired) electrons. The summed E-state index contributed by atoms with van der Waals surface area (Å²) >= 11 is 0. The van der Waals surface area contributed by atoms with E-state index in [0.29, 0.717) is 0 Å². The maximum Gasteiger partial charge on any atom is 0.312 e. The second-order valence-corrected chi connectivity index (χ2v) is 4.29. The minimum absolute atomic E-state index is 0.120. The van der Waals surface area contributed by atoms with Crippen LogP contribution in [0.1, 0.15) is 36.0 Å². The molecule has 92 valence electrons. The number of nitrogens with two attached hydrogens (primary N) is 1. The Kier molecular flexibility index (Phi) is 3.76. The first-order valence-electron chi connectivity index (χ1n) is 5.86. The van der Waals surface area contributed by atoms with Gasteiger partial charge >= 0.3 is 5.97 Å². The Morgan fingerprint density at radius 2 is 2.18 bits per heavy atom. The van der Waals surface area contributed by atoms with Crippen molar-refractivity contribution in [2.75, 3.05) is 13.2 Å². The summed E-state index contributed by atoms with van der Waals surface area (Å²) in [5, 5.41) is 9.00. The van der Waals surface area contributed by atoms with Crippen molar-refractivity contribution in [2.45, 2.75) is 24.9 Å². The minimum atomic E-state index is -0.877. The first-order valence-corrected chi connectivity index (χ1v) is 5.86. The third-order valence-corrected chi connectivity index (χ3v) is 3.17. The summed E-state index contributed by atoms with van der Waals surface area (Å²) in [5.74, 6) is -1.49. The Morgan fingerprint density at radius 1 is 1.47 bits per heavy atom. The number of carbonyl (C=O) groups is 1. The third kappa shape index (κ3) is 2.65. The molecule has 1 aromatic rings. The number of ether oxygens (including phenoxy) is 1. The molecule has 0 aliphatic carbocycles. The highest BCUT2D eigenvalue weighted by molar-refractivity contribution is 5.76. The van der Waals surface area contributed by atoms with Gasteiger partial charge in [0.05, 0.1) is 12.0 Å². The maximum atomic E-state index is 11.0. The van der Waals surface area contributed by atoms with Gasteiger partial charge in [-0.1, -0.05) is 24.3 Å². The van der Waals surface area contributed by atoms with Gasteiger partial charge in [0, 0.05) is 13.2 Å². The zero-order valence-corrected chi connectivity index (χ0v) is 9.63. The summed E-state index contributed by atoms with van der Waals surface area (Å²) < 4.78 is 5.57. The Hall–Kier alpha value is -1.39. The Morgan fingerprint density at radius 3 is 2.65 bits per heavy atom. The van der Waals surface area contributed by atoms with Gasteiger partial charge in [-0.25, -0.2) is 0 Å². The molecule has 17 heavy (non-hydrogen) atoms. The standard InChI is InChI=1S/C13H17NO3/c14-8-11(13(15)16)9-3-5-10(6-4-9)12-2-1-7-17-12/h3-6,11-12H,1-2,7-8,14H2,(H,15,16). The van der Waals surface area contributed by atoms with E-state index in [-0.39, 0.29) is 12.6 Å². The van der Waals surface area contributed by atoms with Crippen LogP contribution in [0.5, 0.6) is 0 Å². The predicted molar refractivity (Wildman–Crippen MR) is 63.8 cm³/mol. The van der Waals surface area contributed by atoms with Gasteiger partial charge in [-0.15, -0.1) is 0 Å². The van der Waals surface area contributed by atoms with Crippen LogP contribution in [0.3, 0.4) is 0 Å². The average molecular weight is 235 g/mol. The fourth-order valence-electron chi connectivity index (χ4n) is 2.16. The molecule has 4 nitrogen and oxygen atoms in total. The topological polar surface area (TPSA) is 72.6 Å². The van der Waals surface area contributed by atoms with E-state index in [2.05, 4.69) is 0 Å². The molecular weight excluding hydrogens is 218 g/mol. The van der Waals surface area contributed by atoms with Crippen LogP contribution in [0, 0.1) is 0 Å². The third-order valence-electron chi connectivity index (χ3n) is 3.17. The number of carboxylic acid groups (broad SMARTS) is 1. The van der Waals surface area contributed by atoms with Crippen LogP contribution in [0.2, 0.25) is 0 Å². The summed E-state index contributed by atoms with van der Waals surface area (Å²) in [4.78, 5) is 11.0. The molecule has 0 bridgehead atoms. The van der Waals surface area contributed by atoms with Gasteiger partial charge in [-0.3, -0.25) is 4.79 Å². The molecule has 0 saturated carbocycles. The van der Waals surface area contributed by atoms with Crippen LogP contribution in [-0.4, -0.2) is 24.2 Å². The molecule has 0 spiro atoms. The number of aliphatic carboxylic acids is 1. The molecule has 1 aliphatic rings. The van der Waals surface area contributed by atoms with Crippen LogP contribution in [0.15, 0.2) is 24.3 Å². The van der Waals surface area contributed by atoms with Crippen molar-refractivity contribution >= 4 is 5.97 Å². The van der Waals surface area contributed by atoms with Crippen molar-refractivity contribution in [2.24, 2.45) is 5.73 Å². The van der Waals surface area contributed by atoms with Gasteiger partial charge in [-0.2, -0.15) is 0 Å². The molecular formula is C13H17NO3. The van der Waals surface area contributed by atoms with Crippen molar-refractivity contribution < 1.29 is 14.6 Å². The molecule has 2 unspecified atom stereocenters. The second-order valence-electron chi connectivity index (χ2n) is 4.29. The highest BCUT2D eigenvalue weighted by atomic mass is 16.5. The Bertz CT molecular complexity index is 382. The molecule has 4 heteroatoms. The molecule has 2 atom stereocenters. The van der Waals surface area contributed by atoms with Crippen LogP contribution in [0.4, 0.5) is 0 Å². The monoisotopic (exact) mass is 235 g/mol. The fraction of sp³-hybridized carbons (Fsp3) is 0.462. The molecule has 1 aliphatic heterocycles. The normalized spacial score (nSPS) is 21.4. The van der Waals surface area contributed by atoms with Gasteiger partial charge in [0.1, 0.15) is 0 Å². The molecule has 1 aromatic carbocycles. The lowest BCUT2D eigenvalue weighted by Crippen LogP contribution is -2.21. The number of rotatable bonds is 4. The zero-order chi connectivity index (χ0) is 12.3. The van der Waals surface area contributed by atoms with E-state index >= 15 is 0 Å². The van der Waals surface area contributed by atoms with Crippen LogP contribution >= 0.6 is 0 Å². The summed E-state index contributed by atoms with van der Waals surface area (Å²) in [7, 11) is 0. The van der Waals surface area contributed by atoms with Crippen LogP contribution in [-0.2, 0) is 9.53 Å². The lowest BCUT2D eigenvalue weighted by atomic mass is 9.96. The maximum absolute atomic E-state index is 11.0. The van der Waals surface area contributed by atoms with Crippen molar-refractivity contribution in [1.29, 1.82) is 0 Å². The van der Waals surface area contributed by atoms with Gasteiger partial charge in [-0.05, 0) is 24.0 Å². The highest BCUT2D eigenvalue weighted by Gasteiger charge is 2.20. The first-order chi connectivity index (χ1) is 8.22. The van der Waals surface area contributed by atoms with E-state index < -0.39 is 11.9 Å². The number of hydrogen-bond acceptors (Lipinski definition) is 3. The number of hydrogen-bond donors (Lipinski definition) is 2. The van der Waals surface area contributed by atoms with Crippen molar-refractivity contribution in [1.82, 2.24) is 0 Å². The lowest BCUT2D eigenvalue weighted by molar-refractivity contribution is -0.138. The molecule has 1 saturated heterocycles.